The van der Waals surface area contributed by atoms with E-state index in [9.17, 15) is 17.6 Å². The van der Waals surface area contributed by atoms with E-state index < -0.39 is 24.1 Å². The third-order valence-corrected chi connectivity index (χ3v) is 2.22. The van der Waals surface area contributed by atoms with Crippen molar-refractivity contribution in [2.45, 2.75) is 33.6 Å². The van der Waals surface area contributed by atoms with Crippen molar-refractivity contribution in [3.8, 4) is 0 Å². The van der Waals surface area contributed by atoms with E-state index in [0.29, 0.717) is 13.1 Å². The first kappa shape index (κ1) is 17.4. The lowest BCUT2D eigenvalue weighted by Crippen LogP contribution is -2.23. The molecule has 1 aromatic carbocycles. The van der Waals surface area contributed by atoms with Gasteiger partial charge in [-0.15, -0.1) is 0 Å². The molecule has 1 rings (SSSR count). The van der Waals surface area contributed by atoms with E-state index in [-0.39, 0.29) is 16.8 Å². The lowest BCUT2D eigenvalue weighted by atomic mass is 10.1. The molecule has 2 nitrogen and oxygen atoms in total. The smallest absolute Gasteiger partial charge is 0.262 e. The Morgan fingerprint density at radius 1 is 1.32 bits per heavy atom. The van der Waals surface area contributed by atoms with Crippen molar-refractivity contribution in [3.63, 3.8) is 0 Å². The molecule has 0 unspecified atom stereocenters. The second-order valence-corrected chi connectivity index (χ2v) is 3.83. The van der Waals surface area contributed by atoms with Gasteiger partial charge in [0, 0.05) is 24.4 Å². The molecule has 2 N–H and O–H groups in total. The Labute approximate surface area is 110 Å². The molecular weight excluding hydrogens is 260 g/mol. The zero-order chi connectivity index (χ0) is 15.2. The van der Waals surface area contributed by atoms with Crippen LogP contribution in [0.15, 0.2) is 6.07 Å². The number of hydrogen-bond acceptors (Lipinski definition) is 2. The van der Waals surface area contributed by atoms with Gasteiger partial charge in [0.05, 0.1) is 12.1 Å². The van der Waals surface area contributed by atoms with Crippen molar-refractivity contribution < 1.29 is 17.6 Å². The molecule has 0 heterocycles. The van der Waals surface area contributed by atoms with Crippen LogP contribution in [0.25, 0.3) is 0 Å². The van der Waals surface area contributed by atoms with Crippen molar-refractivity contribution in [3.05, 3.63) is 28.8 Å². The second kappa shape index (κ2) is 7.11. The summed E-state index contributed by atoms with van der Waals surface area (Å²) in [5.41, 5.74) is -0.618. The lowest BCUT2D eigenvalue weighted by Gasteiger charge is -2.15. The van der Waals surface area contributed by atoms with Gasteiger partial charge in [-0.2, -0.15) is 0 Å². The maximum atomic E-state index is 13.5. The van der Waals surface area contributed by atoms with Crippen molar-refractivity contribution >= 4 is 11.9 Å². The molecule has 0 aliphatic heterocycles. The Balaban J connectivity index is 0.00000154. The minimum absolute atomic E-state index is 0.151. The topological polar surface area (TPSA) is 35.9 Å². The molecule has 0 fully saturated rings. The summed E-state index contributed by atoms with van der Waals surface area (Å²) in [6, 6.07) is 0.907. The molecule has 0 bridgehead atoms. The van der Waals surface area contributed by atoms with Gasteiger partial charge in [-0.25, -0.2) is 17.6 Å². The van der Waals surface area contributed by atoms with Crippen LogP contribution in [0.3, 0.4) is 0 Å². The highest BCUT2D eigenvalue weighted by molar-refractivity contribution is 5.86. The number of hydrogen-bond donors (Lipinski definition) is 2. The molecule has 0 saturated heterocycles. The average Bonchev–Trinajstić information content (AvgIpc) is 2.35. The molecule has 6 heteroatoms. The summed E-state index contributed by atoms with van der Waals surface area (Å²) in [6.45, 7) is 5.15. The molecule has 0 atom stereocenters. The first-order chi connectivity index (χ1) is 8.76. The molecule has 19 heavy (non-hydrogen) atoms. The zero-order valence-electron chi connectivity index (χ0n) is 11.4. The number of nitrogens with one attached hydrogen (secondary N) is 2. The molecule has 0 spiro atoms. The molecular formula is C13H18F4N2. The number of rotatable bonds is 4. The highest BCUT2D eigenvalue weighted by Crippen LogP contribution is 2.24. The first-order valence-electron chi connectivity index (χ1n) is 5.87. The number of halogens is 4. The predicted octanol–water partition coefficient (Wildman–Crippen LogP) is 4.36. The number of benzene rings is 1. The number of alkyl halides is 2. The van der Waals surface area contributed by atoms with Gasteiger partial charge in [-0.05, 0) is 13.0 Å². The van der Waals surface area contributed by atoms with E-state index in [2.05, 4.69) is 5.32 Å². The van der Waals surface area contributed by atoms with Gasteiger partial charge >= 0.3 is 0 Å². The number of anilines is 1. The van der Waals surface area contributed by atoms with Crippen LogP contribution in [0.2, 0.25) is 0 Å². The van der Waals surface area contributed by atoms with Crippen molar-refractivity contribution in [1.29, 1.82) is 5.41 Å². The zero-order valence-corrected chi connectivity index (χ0v) is 11.4. The standard InChI is InChI=1S/C11H12F4N2.C2H6/c1-6-8(12)3-9(7(4-16)10(6)13)17-5-11(2,14)15;1-2/h3-4,16-17H,5H2,1-2H3;1-2H3. The summed E-state index contributed by atoms with van der Waals surface area (Å²) < 4.78 is 52.0. The normalized spacial score (nSPS) is 10.5. The van der Waals surface area contributed by atoms with E-state index in [4.69, 9.17) is 5.41 Å². The van der Waals surface area contributed by atoms with E-state index in [1.54, 1.807) is 0 Å². The van der Waals surface area contributed by atoms with E-state index >= 15 is 0 Å². The Hall–Kier alpha value is -1.59. The fourth-order valence-electron chi connectivity index (χ4n) is 1.28. The van der Waals surface area contributed by atoms with Crippen LogP contribution in [-0.4, -0.2) is 18.7 Å². The highest BCUT2D eigenvalue weighted by atomic mass is 19.3. The first-order valence-corrected chi connectivity index (χ1v) is 5.87. The molecule has 0 amide bonds. The maximum absolute atomic E-state index is 13.5. The molecule has 0 radical (unpaired) electrons. The summed E-state index contributed by atoms with van der Waals surface area (Å²) in [6.07, 6.45) is 0.665. The summed E-state index contributed by atoms with van der Waals surface area (Å²) in [7, 11) is 0. The SMILES string of the molecule is CC.Cc1c(F)cc(NCC(C)(F)F)c(C=N)c1F. The fraction of sp³-hybridized carbons (Fsp3) is 0.462. The van der Waals surface area contributed by atoms with Crippen molar-refractivity contribution in [2.24, 2.45) is 0 Å². The van der Waals surface area contributed by atoms with Crippen LogP contribution in [0.4, 0.5) is 23.2 Å². The Morgan fingerprint density at radius 2 is 1.84 bits per heavy atom. The minimum Gasteiger partial charge on any atom is -0.378 e. The van der Waals surface area contributed by atoms with Gasteiger partial charge in [-0.1, -0.05) is 13.8 Å². The molecule has 0 aliphatic carbocycles. The Morgan fingerprint density at radius 3 is 2.26 bits per heavy atom. The highest BCUT2D eigenvalue weighted by Gasteiger charge is 2.22. The van der Waals surface area contributed by atoms with Crippen LogP contribution in [0.5, 0.6) is 0 Å². The molecule has 1 aromatic rings. The summed E-state index contributed by atoms with van der Waals surface area (Å²) >= 11 is 0. The second-order valence-electron chi connectivity index (χ2n) is 3.83. The van der Waals surface area contributed by atoms with Gasteiger partial charge in [-0.3, -0.25) is 0 Å². The summed E-state index contributed by atoms with van der Waals surface area (Å²) in [4.78, 5) is 0. The third-order valence-electron chi connectivity index (χ3n) is 2.22. The van der Waals surface area contributed by atoms with Gasteiger partial charge in [0.15, 0.2) is 0 Å². The van der Waals surface area contributed by atoms with Crippen LogP contribution < -0.4 is 5.32 Å². The van der Waals surface area contributed by atoms with Gasteiger partial charge in [0.2, 0.25) is 0 Å². The van der Waals surface area contributed by atoms with Gasteiger partial charge < -0.3 is 10.7 Å². The molecule has 108 valence electrons. The molecule has 0 saturated carbocycles. The lowest BCUT2D eigenvalue weighted by molar-refractivity contribution is 0.0367. The Bertz CT molecular complexity index is 439. The van der Waals surface area contributed by atoms with Crippen LogP contribution in [0.1, 0.15) is 31.9 Å². The van der Waals surface area contributed by atoms with Crippen LogP contribution in [-0.2, 0) is 0 Å². The maximum Gasteiger partial charge on any atom is 0.262 e. The molecule has 0 aromatic heterocycles. The largest absolute Gasteiger partial charge is 0.378 e. The fourth-order valence-corrected chi connectivity index (χ4v) is 1.28. The van der Waals surface area contributed by atoms with E-state index in [0.717, 1.165) is 6.07 Å². The summed E-state index contributed by atoms with van der Waals surface area (Å²) in [5, 5.41) is 9.24. The quantitative estimate of drug-likeness (QED) is 0.623. The summed E-state index contributed by atoms with van der Waals surface area (Å²) in [5.74, 6) is -4.76. The Kier molecular flexibility index (Phi) is 6.52. The van der Waals surface area contributed by atoms with Gasteiger partial charge in [0.25, 0.3) is 5.92 Å². The van der Waals surface area contributed by atoms with Crippen molar-refractivity contribution in [2.75, 3.05) is 11.9 Å². The average molecular weight is 278 g/mol. The van der Waals surface area contributed by atoms with Gasteiger partial charge in [0.1, 0.15) is 11.6 Å². The predicted molar refractivity (Wildman–Crippen MR) is 69.4 cm³/mol. The van der Waals surface area contributed by atoms with Crippen LogP contribution >= 0.6 is 0 Å². The third kappa shape index (κ3) is 4.89. The molecule has 0 aliphatic rings. The van der Waals surface area contributed by atoms with Crippen molar-refractivity contribution in [1.82, 2.24) is 0 Å². The minimum atomic E-state index is -3.00. The van der Waals surface area contributed by atoms with E-state index in [1.165, 1.54) is 6.92 Å². The van der Waals surface area contributed by atoms with Crippen LogP contribution in [0, 0.1) is 24.0 Å². The monoisotopic (exact) mass is 278 g/mol. The van der Waals surface area contributed by atoms with E-state index in [1.807, 2.05) is 13.8 Å².